The average Bonchev–Trinajstić information content (AvgIpc) is 2.39. The molecule has 2 aromatic heterocycles. The van der Waals surface area contributed by atoms with Gasteiger partial charge in [0.25, 0.3) is 0 Å². The molecule has 2 rings (SSSR count). The Morgan fingerprint density at radius 3 is 2.72 bits per heavy atom. The third kappa shape index (κ3) is 3.38. The highest BCUT2D eigenvalue weighted by atomic mass is 15.1. The number of rotatable bonds is 5. The minimum absolute atomic E-state index is 0.558. The van der Waals surface area contributed by atoms with Crippen LogP contribution in [0.3, 0.4) is 0 Å². The maximum atomic E-state index is 4.31. The van der Waals surface area contributed by atoms with Gasteiger partial charge in [-0.3, -0.25) is 9.97 Å². The monoisotopic (exact) mass is 244 g/mol. The van der Waals surface area contributed by atoms with Crippen LogP contribution < -0.4 is 10.6 Å². The molecule has 2 heterocycles. The highest BCUT2D eigenvalue weighted by Crippen LogP contribution is 2.06. The summed E-state index contributed by atoms with van der Waals surface area (Å²) in [6.07, 6.45) is 5.21. The molecule has 0 aliphatic carbocycles. The zero-order chi connectivity index (χ0) is 12.8. The van der Waals surface area contributed by atoms with Crippen molar-refractivity contribution >= 4 is 11.8 Å². The minimum Gasteiger partial charge on any atom is -0.370 e. The van der Waals surface area contributed by atoms with E-state index in [1.54, 1.807) is 18.6 Å². The number of hydrogen-bond donors (Lipinski definition) is 2. The largest absolute Gasteiger partial charge is 0.370 e. The lowest BCUT2D eigenvalue weighted by Gasteiger charge is -2.06. The number of nitrogens with one attached hydrogen (secondary N) is 2. The number of nitrogens with zero attached hydrogens (tertiary/aromatic N) is 4. The SMILES string of the molecule is CCNc1ccnc(NCc2cnc(C)cn2)n1. The summed E-state index contributed by atoms with van der Waals surface area (Å²) >= 11 is 0. The van der Waals surface area contributed by atoms with Gasteiger partial charge in [-0.25, -0.2) is 4.98 Å². The molecule has 0 aromatic carbocycles. The van der Waals surface area contributed by atoms with E-state index in [2.05, 4.69) is 30.6 Å². The van der Waals surface area contributed by atoms with Gasteiger partial charge in [-0.15, -0.1) is 0 Å². The molecule has 6 heteroatoms. The first-order valence-electron chi connectivity index (χ1n) is 5.86. The lowest BCUT2D eigenvalue weighted by atomic mass is 10.4. The Labute approximate surface area is 106 Å². The molecular weight excluding hydrogens is 228 g/mol. The molecule has 18 heavy (non-hydrogen) atoms. The topological polar surface area (TPSA) is 75.6 Å². The third-order valence-electron chi connectivity index (χ3n) is 2.28. The fourth-order valence-corrected chi connectivity index (χ4v) is 1.40. The summed E-state index contributed by atoms with van der Waals surface area (Å²) in [6.45, 7) is 5.33. The van der Waals surface area contributed by atoms with Crippen LogP contribution in [-0.4, -0.2) is 26.5 Å². The van der Waals surface area contributed by atoms with E-state index in [0.29, 0.717) is 12.5 Å². The molecule has 94 valence electrons. The van der Waals surface area contributed by atoms with E-state index in [1.807, 2.05) is 19.9 Å². The quantitative estimate of drug-likeness (QED) is 0.832. The second kappa shape index (κ2) is 5.90. The first kappa shape index (κ1) is 12.2. The standard InChI is InChI=1S/C12H16N6/c1-3-13-11-4-5-14-12(18-11)17-8-10-7-15-9(2)6-16-10/h4-7H,3,8H2,1-2H3,(H2,13,14,17,18). The molecule has 0 fully saturated rings. The maximum absolute atomic E-state index is 4.31. The van der Waals surface area contributed by atoms with Crippen LogP contribution in [0.5, 0.6) is 0 Å². The van der Waals surface area contributed by atoms with E-state index >= 15 is 0 Å². The maximum Gasteiger partial charge on any atom is 0.224 e. The summed E-state index contributed by atoms with van der Waals surface area (Å²) in [4.78, 5) is 16.9. The van der Waals surface area contributed by atoms with Gasteiger partial charge in [0, 0.05) is 18.9 Å². The van der Waals surface area contributed by atoms with Gasteiger partial charge in [0.1, 0.15) is 5.82 Å². The van der Waals surface area contributed by atoms with Crippen molar-refractivity contribution in [2.24, 2.45) is 0 Å². The van der Waals surface area contributed by atoms with Crippen LogP contribution in [-0.2, 0) is 6.54 Å². The van der Waals surface area contributed by atoms with Crippen LogP contribution in [0.15, 0.2) is 24.7 Å². The summed E-state index contributed by atoms with van der Waals surface area (Å²) in [6, 6.07) is 1.83. The van der Waals surface area contributed by atoms with Gasteiger partial charge in [-0.1, -0.05) is 0 Å². The summed E-state index contributed by atoms with van der Waals surface area (Å²) < 4.78 is 0. The molecule has 0 atom stereocenters. The van der Waals surface area contributed by atoms with E-state index in [0.717, 1.165) is 23.8 Å². The van der Waals surface area contributed by atoms with E-state index in [1.165, 1.54) is 0 Å². The van der Waals surface area contributed by atoms with Crippen molar-refractivity contribution in [2.45, 2.75) is 20.4 Å². The highest BCUT2D eigenvalue weighted by Gasteiger charge is 1.99. The lowest BCUT2D eigenvalue weighted by Crippen LogP contribution is -2.07. The van der Waals surface area contributed by atoms with Crippen LogP contribution in [0.1, 0.15) is 18.3 Å². The molecule has 2 N–H and O–H groups in total. The van der Waals surface area contributed by atoms with Gasteiger partial charge in [-0.2, -0.15) is 4.98 Å². The van der Waals surface area contributed by atoms with Crippen molar-refractivity contribution in [3.63, 3.8) is 0 Å². The molecule has 0 amide bonds. The molecule has 0 unspecified atom stereocenters. The fraction of sp³-hybridized carbons (Fsp3) is 0.333. The number of anilines is 2. The zero-order valence-corrected chi connectivity index (χ0v) is 10.5. The lowest BCUT2D eigenvalue weighted by molar-refractivity contribution is 0.961. The van der Waals surface area contributed by atoms with E-state index < -0.39 is 0 Å². The molecule has 0 spiro atoms. The van der Waals surface area contributed by atoms with Crippen LogP contribution in [0.25, 0.3) is 0 Å². The fourth-order valence-electron chi connectivity index (χ4n) is 1.40. The Hall–Kier alpha value is -2.24. The Balaban J connectivity index is 1.97. The first-order valence-corrected chi connectivity index (χ1v) is 5.86. The normalized spacial score (nSPS) is 10.1. The van der Waals surface area contributed by atoms with Crippen LogP contribution in [0.2, 0.25) is 0 Å². The van der Waals surface area contributed by atoms with Crippen molar-refractivity contribution in [2.75, 3.05) is 17.2 Å². The van der Waals surface area contributed by atoms with Crippen molar-refractivity contribution in [1.29, 1.82) is 0 Å². The van der Waals surface area contributed by atoms with Gasteiger partial charge in [0.05, 0.1) is 24.1 Å². The molecule has 0 saturated carbocycles. The Kier molecular flexibility index (Phi) is 4.01. The molecule has 0 aliphatic rings. The van der Waals surface area contributed by atoms with Gasteiger partial charge in [0.15, 0.2) is 0 Å². The molecular formula is C12H16N6. The predicted molar refractivity (Wildman–Crippen MR) is 70.3 cm³/mol. The molecule has 0 bridgehead atoms. The van der Waals surface area contributed by atoms with E-state index in [9.17, 15) is 0 Å². The minimum atomic E-state index is 0.558. The van der Waals surface area contributed by atoms with Gasteiger partial charge in [-0.05, 0) is 19.9 Å². The van der Waals surface area contributed by atoms with Crippen LogP contribution in [0, 0.1) is 6.92 Å². The second-order valence-electron chi connectivity index (χ2n) is 3.80. The van der Waals surface area contributed by atoms with Crippen molar-refractivity contribution in [3.8, 4) is 0 Å². The second-order valence-corrected chi connectivity index (χ2v) is 3.80. The van der Waals surface area contributed by atoms with Crippen LogP contribution in [0.4, 0.5) is 11.8 Å². The first-order chi connectivity index (χ1) is 8.78. The molecule has 2 aromatic rings. The van der Waals surface area contributed by atoms with Gasteiger partial charge < -0.3 is 10.6 Å². The van der Waals surface area contributed by atoms with Crippen molar-refractivity contribution in [1.82, 2.24) is 19.9 Å². The molecule has 6 nitrogen and oxygen atoms in total. The van der Waals surface area contributed by atoms with Gasteiger partial charge >= 0.3 is 0 Å². The summed E-state index contributed by atoms with van der Waals surface area (Å²) in [5, 5.41) is 6.25. The number of aryl methyl sites for hydroxylation is 1. The van der Waals surface area contributed by atoms with Crippen molar-refractivity contribution < 1.29 is 0 Å². The number of aromatic nitrogens is 4. The zero-order valence-electron chi connectivity index (χ0n) is 10.5. The average molecular weight is 244 g/mol. The smallest absolute Gasteiger partial charge is 0.224 e. The molecule has 0 saturated heterocycles. The summed E-state index contributed by atoms with van der Waals surface area (Å²) in [5.41, 5.74) is 1.77. The Morgan fingerprint density at radius 1 is 1.11 bits per heavy atom. The van der Waals surface area contributed by atoms with Crippen LogP contribution >= 0.6 is 0 Å². The summed E-state index contributed by atoms with van der Waals surface area (Å²) in [5.74, 6) is 1.39. The molecule has 0 radical (unpaired) electrons. The van der Waals surface area contributed by atoms with E-state index in [4.69, 9.17) is 0 Å². The summed E-state index contributed by atoms with van der Waals surface area (Å²) in [7, 11) is 0. The third-order valence-corrected chi connectivity index (χ3v) is 2.28. The van der Waals surface area contributed by atoms with E-state index in [-0.39, 0.29) is 0 Å². The highest BCUT2D eigenvalue weighted by molar-refractivity contribution is 5.39. The Bertz CT molecular complexity index is 496. The molecule has 0 aliphatic heterocycles. The Morgan fingerprint density at radius 2 is 2.00 bits per heavy atom. The van der Waals surface area contributed by atoms with Gasteiger partial charge in [0.2, 0.25) is 5.95 Å². The van der Waals surface area contributed by atoms with Crippen molar-refractivity contribution in [3.05, 3.63) is 36.0 Å². The number of hydrogen-bond acceptors (Lipinski definition) is 6. The predicted octanol–water partition coefficient (Wildman–Crippen LogP) is 1.62.